The van der Waals surface area contributed by atoms with Crippen LogP contribution in [0.1, 0.15) is 30.0 Å². The number of nitrogens with two attached hydrogens (primary N) is 1. The molecule has 15 heavy (non-hydrogen) atoms. The van der Waals surface area contributed by atoms with Gasteiger partial charge in [-0.15, -0.1) is 0 Å². The predicted octanol–water partition coefficient (Wildman–Crippen LogP) is 2.51. The van der Waals surface area contributed by atoms with Gasteiger partial charge >= 0.3 is 0 Å². The third-order valence-electron chi connectivity index (χ3n) is 2.99. The van der Waals surface area contributed by atoms with Crippen LogP contribution in [0.25, 0.3) is 0 Å². The second-order valence-corrected chi connectivity index (χ2v) is 4.46. The number of benzene rings is 1. The molecule has 84 valence electrons. The Morgan fingerprint density at radius 1 is 1.27 bits per heavy atom. The van der Waals surface area contributed by atoms with Gasteiger partial charge in [-0.1, -0.05) is 18.2 Å². The fraction of sp³-hybridized carbons (Fsp3) is 0.538. The lowest BCUT2D eigenvalue weighted by molar-refractivity contribution is 0.172. The van der Waals surface area contributed by atoms with Gasteiger partial charge < -0.3 is 10.5 Å². The van der Waals surface area contributed by atoms with Crippen LogP contribution in [0.5, 0.6) is 0 Å². The Morgan fingerprint density at radius 2 is 1.93 bits per heavy atom. The lowest BCUT2D eigenvalue weighted by Crippen LogP contribution is -2.34. The van der Waals surface area contributed by atoms with Crippen molar-refractivity contribution >= 4 is 0 Å². The van der Waals surface area contributed by atoms with Gasteiger partial charge in [-0.2, -0.15) is 0 Å². The standard InChI is InChI=1S/C13H21NO/c1-10-5-6-12(9-11(10)2)13(3,14)7-8-15-4/h5-6,9H,7-8,14H2,1-4H3. The molecule has 1 atom stereocenters. The van der Waals surface area contributed by atoms with Gasteiger partial charge in [0.25, 0.3) is 0 Å². The molecule has 1 aromatic carbocycles. The number of hydrogen-bond acceptors (Lipinski definition) is 2. The van der Waals surface area contributed by atoms with Crippen LogP contribution < -0.4 is 5.73 Å². The summed E-state index contributed by atoms with van der Waals surface area (Å²) in [6.07, 6.45) is 0.839. The summed E-state index contributed by atoms with van der Waals surface area (Å²) in [7, 11) is 1.70. The van der Waals surface area contributed by atoms with E-state index in [4.69, 9.17) is 10.5 Å². The molecule has 0 radical (unpaired) electrons. The highest BCUT2D eigenvalue weighted by Crippen LogP contribution is 2.23. The first-order valence-corrected chi connectivity index (χ1v) is 5.33. The van der Waals surface area contributed by atoms with E-state index in [1.54, 1.807) is 7.11 Å². The molecule has 0 aromatic heterocycles. The Balaban J connectivity index is 2.89. The topological polar surface area (TPSA) is 35.2 Å². The number of rotatable bonds is 4. The zero-order chi connectivity index (χ0) is 11.5. The van der Waals surface area contributed by atoms with Crippen molar-refractivity contribution in [2.24, 2.45) is 5.73 Å². The van der Waals surface area contributed by atoms with Crippen LogP contribution in [0.15, 0.2) is 18.2 Å². The van der Waals surface area contributed by atoms with Crippen molar-refractivity contribution in [2.45, 2.75) is 32.7 Å². The fourth-order valence-corrected chi connectivity index (χ4v) is 1.56. The van der Waals surface area contributed by atoms with Crippen molar-refractivity contribution in [1.29, 1.82) is 0 Å². The van der Waals surface area contributed by atoms with Crippen LogP contribution in [0.2, 0.25) is 0 Å². The maximum atomic E-state index is 6.26. The lowest BCUT2D eigenvalue weighted by Gasteiger charge is -2.25. The van der Waals surface area contributed by atoms with E-state index in [0.29, 0.717) is 6.61 Å². The van der Waals surface area contributed by atoms with E-state index in [9.17, 15) is 0 Å². The molecule has 2 heteroatoms. The molecule has 2 N–H and O–H groups in total. The predicted molar refractivity (Wildman–Crippen MR) is 63.9 cm³/mol. The molecule has 1 aromatic rings. The number of hydrogen-bond donors (Lipinski definition) is 1. The molecular formula is C13H21NO. The SMILES string of the molecule is COCCC(C)(N)c1ccc(C)c(C)c1. The lowest BCUT2D eigenvalue weighted by atomic mass is 9.88. The monoisotopic (exact) mass is 207 g/mol. The van der Waals surface area contributed by atoms with Crippen LogP contribution in [0.4, 0.5) is 0 Å². The molecule has 0 bridgehead atoms. The highest BCUT2D eigenvalue weighted by Gasteiger charge is 2.20. The third kappa shape index (κ3) is 3.05. The maximum Gasteiger partial charge on any atom is 0.0482 e. The van der Waals surface area contributed by atoms with Gasteiger partial charge in [0.1, 0.15) is 0 Å². The molecule has 0 fully saturated rings. The van der Waals surface area contributed by atoms with E-state index in [2.05, 4.69) is 39.0 Å². The van der Waals surface area contributed by atoms with Crippen LogP contribution in [-0.2, 0) is 10.3 Å². The molecule has 0 heterocycles. The van der Waals surface area contributed by atoms with E-state index < -0.39 is 0 Å². The van der Waals surface area contributed by atoms with Gasteiger partial charge in [0.15, 0.2) is 0 Å². The summed E-state index contributed by atoms with van der Waals surface area (Å²) >= 11 is 0. The van der Waals surface area contributed by atoms with Crippen LogP contribution >= 0.6 is 0 Å². The van der Waals surface area contributed by atoms with Crippen molar-refractivity contribution in [3.63, 3.8) is 0 Å². The van der Waals surface area contributed by atoms with Crippen LogP contribution in [0.3, 0.4) is 0 Å². The van der Waals surface area contributed by atoms with E-state index in [1.807, 2.05) is 0 Å². The minimum absolute atomic E-state index is 0.297. The molecule has 0 saturated carbocycles. The summed E-state index contributed by atoms with van der Waals surface area (Å²) in [5.74, 6) is 0. The maximum absolute atomic E-state index is 6.26. The zero-order valence-corrected chi connectivity index (χ0v) is 10.1. The molecule has 1 unspecified atom stereocenters. The molecule has 0 spiro atoms. The fourth-order valence-electron chi connectivity index (χ4n) is 1.56. The van der Waals surface area contributed by atoms with Crippen molar-refractivity contribution in [2.75, 3.05) is 13.7 Å². The van der Waals surface area contributed by atoms with Gasteiger partial charge in [-0.3, -0.25) is 0 Å². The minimum Gasteiger partial charge on any atom is -0.385 e. The number of ether oxygens (including phenoxy) is 1. The molecule has 0 aliphatic carbocycles. The van der Waals surface area contributed by atoms with Gasteiger partial charge in [0.2, 0.25) is 0 Å². The van der Waals surface area contributed by atoms with Gasteiger partial charge in [-0.25, -0.2) is 0 Å². The summed E-state index contributed by atoms with van der Waals surface area (Å²) in [5, 5.41) is 0. The Hall–Kier alpha value is -0.860. The average Bonchev–Trinajstić information content (AvgIpc) is 2.19. The first kappa shape index (κ1) is 12.2. The van der Waals surface area contributed by atoms with E-state index in [0.717, 1.165) is 6.42 Å². The first-order valence-electron chi connectivity index (χ1n) is 5.33. The van der Waals surface area contributed by atoms with Crippen LogP contribution in [-0.4, -0.2) is 13.7 Å². The highest BCUT2D eigenvalue weighted by atomic mass is 16.5. The van der Waals surface area contributed by atoms with Crippen molar-refractivity contribution in [1.82, 2.24) is 0 Å². The number of methoxy groups -OCH3 is 1. The Labute approximate surface area is 92.4 Å². The largest absolute Gasteiger partial charge is 0.385 e. The van der Waals surface area contributed by atoms with Crippen molar-refractivity contribution < 1.29 is 4.74 Å². The highest BCUT2D eigenvalue weighted by molar-refractivity contribution is 5.33. The Kier molecular flexibility index (Phi) is 3.89. The second-order valence-electron chi connectivity index (χ2n) is 4.46. The molecule has 2 nitrogen and oxygen atoms in total. The minimum atomic E-state index is -0.297. The summed E-state index contributed by atoms with van der Waals surface area (Å²) in [6, 6.07) is 6.41. The van der Waals surface area contributed by atoms with Crippen molar-refractivity contribution in [3.05, 3.63) is 34.9 Å². The molecule has 0 aliphatic rings. The van der Waals surface area contributed by atoms with E-state index >= 15 is 0 Å². The normalized spacial score (nSPS) is 15.0. The average molecular weight is 207 g/mol. The Morgan fingerprint density at radius 3 is 2.47 bits per heavy atom. The third-order valence-corrected chi connectivity index (χ3v) is 2.99. The van der Waals surface area contributed by atoms with Gasteiger partial charge in [-0.05, 0) is 43.9 Å². The quantitative estimate of drug-likeness (QED) is 0.823. The molecular weight excluding hydrogens is 186 g/mol. The van der Waals surface area contributed by atoms with Gasteiger partial charge in [0, 0.05) is 19.3 Å². The zero-order valence-electron chi connectivity index (χ0n) is 10.1. The van der Waals surface area contributed by atoms with Crippen LogP contribution in [0, 0.1) is 13.8 Å². The summed E-state index contributed by atoms with van der Waals surface area (Å²) in [5.41, 5.74) is 9.75. The second kappa shape index (κ2) is 4.77. The first-order chi connectivity index (χ1) is 6.97. The molecule has 0 aliphatic heterocycles. The molecule has 0 amide bonds. The summed E-state index contributed by atoms with van der Waals surface area (Å²) in [4.78, 5) is 0. The summed E-state index contributed by atoms with van der Waals surface area (Å²) < 4.78 is 5.07. The molecule has 1 rings (SSSR count). The van der Waals surface area contributed by atoms with Crippen molar-refractivity contribution in [3.8, 4) is 0 Å². The molecule has 0 saturated heterocycles. The van der Waals surface area contributed by atoms with E-state index in [1.165, 1.54) is 16.7 Å². The smallest absolute Gasteiger partial charge is 0.0482 e. The van der Waals surface area contributed by atoms with E-state index in [-0.39, 0.29) is 5.54 Å². The summed E-state index contributed by atoms with van der Waals surface area (Å²) in [6.45, 7) is 6.98. The Bertz CT molecular complexity index is 331. The van der Waals surface area contributed by atoms with Gasteiger partial charge in [0.05, 0.1) is 0 Å². The number of aryl methyl sites for hydroxylation is 2.